The Hall–Kier alpha value is -0.950. The van der Waals surface area contributed by atoms with Gasteiger partial charge >= 0.3 is 0 Å². The summed E-state index contributed by atoms with van der Waals surface area (Å²) in [6.07, 6.45) is 0. The van der Waals surface area contributed by atoms with Crippen LogP contribution in [0, 0.1) is 5.82 Å². The van der Waals surface area contributed by atoms with Crippen LogP contribution in [0.5, 0.6) is 0 Å². The Kier molecular flexibility index (Phi) is 3.55. The SMILES string of the molecule is Cn1nnnc1SCc1cc(F)cc(Br)c1. The lowest BCUT2D eigenvalue weighted by Gasteiger charge is -2.01. The zero-order valence-electron chi connectivity index (χ0n) is 8.39. The van der Waals surface area contributed by atoms with Crippen LogP contribution < -0.4 is 0 Å². The topological polar surface area (TPSA) is 43.6 Å². The van der Waals surface area contributed by atoms with E-state index in [9.17, 15) is 4.39 Å². The molecular weight excluding hydrogens is 295 g/mol. The van der Waals surface area contributed by atoms with Gasteiger partial charge in [0.2, 0.25) is 5.16 Å². The minimum atomic E-state index is -0.249. The van der Waals surface area contributed by atoms with Crippen LogP contribution in [-0.2, 0) is 12.8 Å². The summed E-state index contributed by atoms with van der Waals surface area (Å²) >= 11 is 4.71. The molecule has 1 aromatic heterocycles. The van der Waals surface area contributed by atoms with Gasteiger partial charge in [-0.2, -0.15) is 0 Å². The van der Waals surface area contributed by atoms with Gasteiger partial charge in [-0.05, 0) is 34.2 Å². The quantitative estimate of drug-likeness (QED) is 0.817. The lowest BCUT2D eigenvalue weighted by Crippen LogP contribution is -1.93. The van der Waals surface area contributed by atoms with Gasteiger partial charge in [0.25, 0.3) is 0 Å². The summed E-state index contributed by atoms with van der Waals surface area (Å²) in [7, 11) is 1.77. The van der Waals surface area contributed by atoms with Crippen molar-refractivity contribution in [2.24, 2.45) is 7.05 Å². The van der Waals surface area contributed by atoms with Crippen molar-refractivity contribution in [1.29, 1.82) is 0 Å². The van der Waals surface area contributed by atoms with Gasteiger partial charge in [0.15, 0.2) is 0 Å². The zero-order chi connectivity index (χ0) is 11.5. The number of tetrazole rings is 1. The van der Waals surface area contributed by atoms with Gasteiger partial charge < -0.3 is 0 Å². The van der Waals surface area contributed by atoms with Crippen molar-refractivity contribution in [3.8, 4) is 0 Å². The van der Waals surface area contributed by atoms with Crippen molar-refractivity contribution >= 4 is 27.7 Å². The Bertz CT molecular complexity index is 482. The first kappa shape index (κ1) is 11.5. The third-order valence-corrected chi connectivity index (χ3v) is 3.41. The fourth-order valence-corrected chi connectivity index (χ4v) is 2.48. The molecule has 2 rings (SSSR count). The third kappa shape index (κ3) is 2.79. The standard InChI is InChI=1S/C9H8BrFN4S/c1-15-9(12-13-14-15)16-5-6-2-7(10)4-8(11)3-6/h2-4H,5H2,1H3. The van der Waals surface area contributed by atoms with Crippen molar-refractivity contribution in [3.05, 3.63) is 34.1 Å². The molecule has 0 amide bonds. The second-order valence-corrected chi connectivity index (χ2v) is 5.01. The molecule has 0 N–H and O–H groups in total. The number of hydrogen-bond acceptors (Lipinski definition) is 4. The maximum Gasteiger partial charge on any atom is 0.209 e. The summed E-state index contributed by atoms with van der Waals surface area (Å²) in [5, 5.41) is 11.8. The molecule has 0 bridgehead atoms. The molecule has 0 aliphatic heterocycles. The fourth-order valence-electron chi connectivity index (χ4n) is 1.19. The molecule has 0 atom stereocenters. The van der Waals surface area contributed by atoms with Crippen LogP contribution in [-0.4, -0.2) is 20.2 Å². The van der Waals surface area contributed by atoms with Crippen LogP contribution in [0.4, 0.5) is 4.39 Å². The molecule has 0 aliphatic carbocycles. The average Bonchev–Trinajstić information content (AvgIpc) is 2.59. The van der Waals surface area contributed by atoms with E-state index >= 15 is 0 Å². The molecular formula is C9H8BrFN4S. The number of aromatic nitrogens is 4. The first-order valence-electron chi connectivity index (χ1n) is 4.45. The molecule has 0 saturated carbocycles. The summed E-state index contributed by atoms with van der Waals surface area (Å²) in [5.41, 5.74) is 0.889. The molecule has 1 aromatic carbocycles. The zero-order valence-corrected chi connectivity index (χ0v) is 10.8. The van der Waals surface area contributed by atoms with Gasteiger partial charge in [-0.3, -0.25) is 0 Å². The highest BCUT2D eigenvalue weighted by Crippen LogP contribution is 2.22. The molecule has 84 valence electrons. The smallest absolute Gasteiger partial charge is 0.209 e. The molecule has 4 nitrogen and oxygen atoms in total. The third-order valence-electron chi connectivity index (χ3n) is 1.87. The summed E-state index contributed by atoms with van der Waals surface area (Å²) < 4.78 is 15.4. The lowest BCUT2D eigenvalue weighted by molar-refractivity contribution is 0.625. The molecule has 0 radical (unpaired) electrons. The van der Waals surface area contributed by atoms with Crippen molar-refractivity contribution < 1.29 is 4.39 Å². The molecule has 7 heteroatoms. The first-order chi connectivity index (χ1) is 7.65. The second kappa shape index (κ2) is 4.92. The number of hydrogen-bond donors (Lipinski definition) is 0. The summed E-state index contributed by atoms with van der Waals surface area (Å²) in [4.78, 5) is 0. The highest BCUT2D eigenvalue weighted by molar-refractivity contribution is 9.10. The second-order valence-electron chi connectivity index (χ2n) is 3.15. The predicted molar refractivity (Wildman–Crippen MR) is 62.5 cm³/mol. The molecule has 0 spiro atoms. The Morgan fingerprint density at radius 3 is 2.88 bits per heavy atom. The summed E-state index contributed by atoms with van der Waals surface area (Å²) in [6, 6.07) is 4.81. The number of halogens is 2. The molecule has 2 aromatic rings. The van der Waals surface area contributed by atoms with E-state index in [-0.39, 0.29) is 5.82 Å². The largest absolute Gasteiger partial charge is 0.224 e. The van der Waals surface area contributed by atoms with Crippen LogP contribution in [0.1, 0.15) is 5.56 Å². The number of rotatable bonds is 3. The van der Waals surface area contributed by atoms with E-state index in [0.29, 0.717) is 10.9 Å². The summed E-state index contributed by atoms with van der Waals surface area (Å²) in [5.74, 6) is 0.381. The van der Waals surface area contributed by atoms with Gasteiger partial charge in [0.05, 0.1) is 0 Å². The van der Waals surface area contributed by atoms with Crippen molar-refractivity contribution in [2.45, 2.75) is 10.9 Å². The lowest BCUT2D eigenvalue weighted by atomic mass is 10.2. The van der Waals surface area contributed by atoms with E-state index in [0.717, 1.165) is 10.0 Å². The van der Waals surface area contributed by atoms with Gasteiger partial charge in [0.1, 0.15) is 5.82 Å². The average molecular weight is 303 g/mol. The number of aryl methyl sites for hydroxylation is 1. The van der Waals surface area contributed by atoms with Crippen molar-refractivity contribution in [2.75, 3.05) is 0 Å². The molecule has 0 saturated heterocycles. The van der Waals surface area contributed by atoms with Gasteiger partial charge in [-0.25, -0.2) is 9.07 Å². The monoisotopic (exact) mass is 302 g/mol. The van der Waals surface area contributed by atoms with Gasteiger partial charge in [-0.15, -0.1) is 5.10 Å². The number of thioether (sulfide) groups is 1. The van der Waals surface area contributed by atoms with E-state index in [2.05, 4.69) is 31.5 Å². The Morgan fingerprint density at radius 2 is 2.25 bits per heavy atom. The highest BCUT2D eigenvalue weighted by Gasteiger charge is 2.05. The molecule has 1 heterocycles. The van der Waals surface area contributed by atoms with Gasteiger partial charge in [-0.1, -0.05) is 27.7 Å². The first-order valence-corrected chi connectivity index (χ1v) is 6.23. The normalized spacial score (nSPS) is 10.7. The van der Waals surface area contributed by atoms with E-state index < -0.39 is 0 Å². The summed E-state index contributed by atoms with van der Waals surface area (Å²) in [6.45, 7) is 0. The Balaban J connectivity index is 2.07. The van der Waals surface area contributed by atoms with Crippen LogP contribution >= 0.6 is 27.7 Å². The minimum Gasteiger partial charge on any atom is -0.224 e. The number of benzene rings is 1. The minimum absolute atomic E-state index is 0.249. The molecule has 16 heavy (non-hydrogen) atoms. The van der Waals surface area contributed by atoms with Crippen LogP contribution in [0.3, 0.4) is 0 Å². The maximum atomic E-state index is 13.1. The number of nitrogens with zero attached hydrogens (tertiary/aromatic N) is 4. The van der Waals surface area contributed by atoms with E-state index in [1.165, 1.54) is 23.9 Å². The van der Waals surface area contributed by atoms with E-state index in [4.69, 9.17) is 0 Å². The fraction of sp³-hybridized carbons (Fsp3) is 0.222. The Morgan fingerprint density at radius 1 is 1.44 bits per heavy atom. The van der Waals surface area contributed by atoms with Gasteiger partial charge in [0, 0.05) is 17.3 Å². The molecule has 0 unspecified atom stereocenters. The van der Waals surface area contributed by atoms with E-state index in [1.807, 2.05) is 6.07 Å². The van der Waals surface area contributed by atoms with Crippen molar-refractivity contribution in [1.82, 2.24) is 20.2 Å². The van der Waals surface area contributed by atoms with Crippen LogP contribution in [0.2, 0.25) is 0 Å². The Labute approximate surface area is 104 Å². The maximum absolute atomic E-state index is 13.1. The molecule has 0 fully saturated rings. The predicted octanol–water partition coefficient (Wildman–Crippen LogP) is 2.40. The van der Waals surface area contributed by atoms with Crippen molar-refractivity contribution in [3.63, 3.8) is 0 Å². The highest BCUT2D eigenvalue weighted by atomic mass is 79.9. The van der Waals surface area contributed by atoms with E-state index in [1.54, 1.807) is 11.7 Å². The van der Waals surface area contributed by atoms with Crippen LogP contribution in [0.15, 0.2) is 27.8 Å². The van der Waals surface area contributed by atoms with Crippen LogP contribution in [0.25, 0.3) is 0 Å². The molecule has 0 aliphatic rings.